The molecule has 0 fully saturated rings. The van der Waals surface area contributed by atoms with Gasteiger partial charge in [-0.25, -0.2) is 9.18 Å². The number of halogens is 1. The van der Waals surface area contributed by atoms with Crippen molar-refractivity contribution in [3.8, 4) is 0 Å². The summed E-state index contributed by atoms with van der Waals surface area (Å²) in [6, 6.07) is 10.9. The molecule has 0 aliphatic rings. The molecule has 116 valence electrons. The van der Waals surface area contributed by atoms with Gasteiger partial charge >= 0.3 is 6.03 Å². The molecule has 6 heteroatoms. The largest absolute Gasteiger partial charge is 0.383 e. The Morgan fingerprint density at radius 3 is 2.68 bits per heavy atom. The highest BCUT2D eigenvalue weighted by Gasteiger charge is 2.14. The first-order valence-corrected chi connectivity index (χ1v) is 6.89. The van der Waals surface area contributed by atoms with Gasteiger partial charge in [0.2, 0.25) is 0 Å². The average Bonchev–Trinajstić information content (AvgIpc) is 2.54. The van der Waals surface area contributed by atoms with Crippen LogP contribution in [0.5, 0.6) is 0 Å². The van der Waals surface area contributed by atoms with Gasteiger partial charge in [-0.15, -0.1) is 0 Å². The summed E-state index contributed by atoms with van der Waals surface area (Å²) in [7, 11) is 1.58. The lowest BCUT2D eigenvalue weighted by Gasteiger charge is -2.22. The lowest BCUT2D eigenvalue weighted by atomic mass is 10.3. The zero-order valence-corrected chi connectivity index (χ0v) is 12.3. The second kappa shape index (κ2) is 8.09. The van der Waals surface area contributed by atoms with Gasteiger partial charge in [0.05, 0.1) is 18.8 Å². The van der Waals surface area contributed by atoms with Crippen molar-refractivity contribution >= 4 is 11.7 Å². The van der Waals surface area contributed by atoms with Crippen LogP contribution in [0.2, 0.25) is 0 Å². The van der Waals surface area contributed by atoms with Gasteiger partial charge in [-0.2, -0.15) is 0 Å². The van der Waals surface area contributed by atoms with Crippen LogP contribution in [-0.2, 0) is 11.3 Å². The highest BCUT2D eigenvalue weighted by molar-refractivity contribution is 5.89. The minimum atomic E-state index is -0.345. The van der Waals surface area contributed by atoms with E-state index >= 15 is 0 Å². The molecule has 1 N–H and O–H groups in total. The number of hydrogen-bond acceptors (Lipinski definition) is 3. The maximum absolute atomic E-state index is 12.9. The van der Waals surface area contributed by atoms with Gasteiger partial charge in [-0.1, -0.05) is 6.07 Å². The second-order valence-corrected chi connectivity index (χ2v) is 4.67. The van der Waals surface area contributed by atoms with Crippen LogP contribution in [-0.4, -0.2) is 36.2 Å². The molecular weight excluding hydrogens is 285 g/mol. The number of benzene rings is 1. The number of pyridine rings is 1. The van der Waals surface area contributed by atoms with E-state index < -0.39 is 0 Å². The average molecular weight is 303 g/mol. The lowest BCUT2D eigenvalue weighted by molar-refractivity contribution is 0.152. The zero-order chi connectivity index (χ0) is 15.8. The molecule has 0 atom stereocenters. The van der Waals surface area contributed by atoms with Crippen LogP contribution in [0, 0.1) is 5.82 Å². The van der Waals surface area contributed by atoms with Crippen LogP contribution < -0.4 is 5.32 Å². The van der Waals surface area contributed by atoms with E-state index in [0.717, 1.165) is 5.69 Å². The van der Waals surface area contributed by atoms with E-state index in [1.165, 1.54) is 24.3 Å². The molecule has 5 nitrogen and oxygen atoms in total. The van der Waals surface area contributed by atoms with Crippen molar-refractivity contribution < 1.29 is 13.9 Å². The number of rotatable bonds is 6. The number of amides is 2. The number of aromatic nitrogens is 1. The molecule has 0 aliphatic heterocycles. The number of nitrogens with zero attached hydrogens (tertiary/aromatic N) is 2. The zero-order valence-electron chi connectivity index (χ0n) is 12.3. The maximum Gasteiger partial charge on any atom is 0.322 e. The third kappa shape index (κ3) is 4.82. The van der Waals surface area contributed by atoms with Crippen molar-refractivity contribution in [1.29, 1.82) is 0 Å². The van der Waals surface area contributed by atoms with E-state index in [0.29, 0.717) is 25.4 Å². The smallest absolute Gasteiger partial charge is 0.322 e. The summed E-state index contributed by atoms with van der Waals surface area (Å²) in [6.07, 6.45) is 1.68. The number of anilines is 1. The van der Waals surface area contributed by atoms with Crippen molar-refractivity contribution in [2.45, 2.75) is 6.54 Å². The first-order chi connectivity index (χ1) is 10.7. The fraction of sp³-hybridized carbons (Fsp3) is 0.250. The quantitative estimate of drug-likeness (QED) is 0.892. The van der Waals surface area contributed by atoms with E-state index in [1.54, 1.807) is 18.2 Å². The standard InChI is InChI=1S/C16H18FN3O2/c1-22-11-10-20(12-15-4-2-3-9-18-15)16(21)19-14-7-5-13(17)6-8-14/h2-9H,10-12H2,1H3,(H,19,21). The fourth-order valence-corrected chi connectivity index (χ4v) is 1.88. The number of ether oxygens (including phenoxy) is 1. The normalized spacial score (nSPS) is 10.3. The monoisotopic (exact) mass is 303 g/mol. The Balaban J connectivity index is 2.03. The highest BCUT2D eigenvalue weighted by Crippen LogP contribution is 2.10. The topological polar surface area (TPSA) is 54.5 Å². The van der Waals surface area contributed by atoms with Crippen LogP contribution in [0.25, 0.3) is 0 Å². The van der Waals surface area contributed by atoms with Crippen LogP contribution in [0.4, 0.5) is 14.9 Å². The van der Waals surface area contributed by atoms with Crippen molar-refractivity contribution in [2.24, 2.45) is 0 Å². The Morgan fingerprint density at radius 1 is 1.27 bits per heavy atom. The van der Waals surface area contributed by atoms with Crippen LogP contribution in [0.15, 0.2) is 48.7 Å². The van der Waals surface area contributed by atoms with Crippen molar-refractivity contribution in [2.75, 3.05) is 25.6 Å². The lowest BCUT2D eigenvalue weighted by Crippen LogP contribution is -2.37. The SMILES string of the molecule is COCCN(Cc1ccccn1)C(=O)Nc1ccc(F)cc1. The van der Waals surface area contributed by atoms with Gasteiger partial charge in [-0.3, -0.25) is 4.98 Å². The fourth-order valence-electron chi connectivity index (χ4n) is 1.88. The molecule has 22 heavy (non-hydrogen) atoms. The summed E-state index contributed by atoms with van der Waals surface area (Å²) in [4.78, 5) is 18.2. The van der Waals surface area contributed by atoms with Gasteiger partial charge < -0.3 is 15.0 Å². The predicted molar refractivity (Wildman–Crippen MR) is 81.9 cm³/mol. The molecule has 2 amide bonds. The first-order valence-electron chi connectivity index (χ1n) is 6.89. The summed E-state index contributed by atoms with van der Waals surface area (Å²) >= 11 is 0. The third-order valence-electron chi connectivity index (χ3n) is 3.03. The first kappa shape index (κ1) is 15.9. The van der Waals surface area contributed by atoms with E-state index in [2.05, 4.69) is 10.3 Å². The molecule has 1 aromatic carbocycles. The molecule has 0 radical (unpaired) electrons. The molecule has 1 aromatic heterocycles. The van der Waals surface area contributed by atoms with Crippen molar-refractivity contribution in [1.82, 2.24) is 9.88 Å². The minimum Gasteiger partial charge on any atom is -0.383 e. The summed E-state index contributed by atoms with van der Waals surface area (Å²) in [5.41, 5.74) is 1.32. The Bertz CT molecular complexity index is 590. The number of hydrogen-bond donors (Lipinski definition) is 1. The number of nitrogens with one attached hydrogen (secondary N) is 1. The van der Waals surface area contributed by atoms with Gasteiger partial charge in [0.25, 0.3) is 0 Å². The molecule has 0 bridgehead atoms. The predicted octanol–water partition coefficient (Wildman–Crippen LogP) is 2.90. The maximum atomic E-state index is 12.9. The van der Waals surface area contributed by atoms with Gasteiger partial charge in [0, 0.05) is 25.5 Å². The molecule has 0 unspecified atom stereocenters. The number of carbonyl (C=O) groups excluding carboxylic acids is 1. The Labute approximate surface area is 128 Å². The number of urea groups is 1. The molecule has 0 spiro atoms. The minimum absolute atomic E-state index is 0.283. The van der Waals surface area contributed by atoms with Gasteiger partial charge in [0.1, 0.15) is 5.82 Å². The molecular formula is C16H18FN3O2. The molecule has 0 saturated carbocycles. The molecule has 1 heterocycles. The summed E-state index contributed by atoms with van der Waals surface area (Å²) in [5.74, 6) is -0.345. The van der Waals surface area contributed by atoms with Gasteiger partial charge in [-0.05, 0) is 36.4 Å². The van der Waals surface area contributed by atoms with E-state index in [9.17, 15) is 9.18 Å². The third-order valence-corrected chi connectivity index (χ3v) is 3.03. The van der Waals surface area contributed by atoms with Crippen molar-refractivity contribution in [3.05, 3.63) is 60.2 Å². The summed E-state index contributed by atoms with van der Waals surface area (Å²) in [5, 5.41) is 2.74. The second-order valence-electron chi connectivity index (χ2n) is 4.67. The highest BCUT2D eigenvalue weighted by atomic mass is 19.1. The number of carbonyl (C=O) groups is 1. The summed E-state index contributed by atoms with van der Waals surface area (Å²) in [6.45, 7) is 1.22. The van der Waals surface area contributed by atoms with E-state index in [4.69, 9.17) is 4.74 Å². The molecule has 2 rings (SSSR count). The van der Waals surface area contributed by atoms with Crippen LogP contribution in [0.1, 0.15) is 5.69 Å². The molecule has 0 saturated heterocycles. The van der Waals surface area contributed by atoms with Crippen LogP contribution >= 0.6 is 0 Å². The van der Waals surface area contributed by atoms with Crippen molar-refractivity contribution in [3.63, 3.8) is 0 Å². The molecule has 2 aromatic rings. The summed E-state index contributed by atoms with van der Waals surface area (Å²) < 4.78 is 17.9. The van der Waals surface area contributed by atoms with Gasteiger partial charge in [0.15, 0.2) is 0 Å². The Hall–Kier alpha value is -2.47. The Morgan fingerprint density at radius 2 is 2.05 bits per heavy atom. The number of methoxy groups -OCH3 is 1. The molecule has 0 aliphatic carbocycles. The Kier molecular flexibility index (Phi) is 5.85. The van der Waals surface area contributed by atoms with E-state index in [-0.39, 0.29) is 11.8 Å². The van der Waals surface area contributed by atoms with Crippen LogP contribution in [0.3, 0.4) is 0 Å². The van der Waals surface area contributed by atoms with E-state index in [1.807, 2.05) is 18.2 Å².